The number of hydrogen-bond acceptors (Lipinski definition) is 9. The Morgan fingerprint density at radius 1 is 1.12 bits per heavy atom. The predicted octanol–water partition coefficient (Wildman–Crippen LogP) is 4.39. The van der Waals surface area contributed by atoms with Gasteiger partial charge in [0.2, 0.25) is 11.7 Å². The minimum absolute atomic E-state index is 0.536. The lowest BCUT2D eigenvalue weighted by molar-refractivity contribution is 0.341. The summed E-state index contributed by atoms with van der Waals surface area (Å²) < 4.78 is 12.8. The van der Waals surface area contributed by atoms with E-state index in [0.717, 1.165) is 25.7 Å². The van der Waals surface area contributed by atoms with Crippen molar-refractivity contribution in [3.05, 3.63) is 30.2 Å². The molecule has 9 heteroatoms. The van der Waals surface area contributed by atoms with Gasteiger partial charge < -0.3 is 9.26 Å². The lowest BCUT2D eigenvalue weighted by atomic mass is 10.2. The van der Waals surface area contributed by atoms with Gasteiger partial charge in [0.25, 0.3) is 0 Å². The number of aromatic nitrogens is 4. The molecule has 2 aromatic heterocycles. The van der Waals surface area contributed by atoms with Crippen LogP contribution in [0, 0.1) is 0 Å². The minimum atomic E-state index is 0.536. The van der Waals surface area contributed by atoms with E-state index in [1.54, 1.807) is 34.9 Å². The fourth-order valence-corrected chi connectivity index (χ4v) is 4.67. The molecule has 0 aliphatic heterocycles. The highest BCUT2D eigenvalue weighted by Crippen LogP contribution is 2.31. The van der Waals surface area contributed by atoms with Crippen LogP contribution in [-0.2, 0) is 5.75 Å². The third-order valence-electron chi connectivity index (χ3n) is 2.87. The van der Waals surface area contributed by atoms with E-state index in [2.05, 4.69) is 27.3 Å². The van der Waals surface area contributed by atoms with Crippen LogP contribution in [0.5, 0.6) is 5.75 Å². The topological polar surface area (TPSA) is 73.9 Å². The molecule has 0 N–H and O–H groups in total. The molecule has 126 valence electrons. The number of benzene rings is 1. The Morgan fingerprint density at radius 3 is 2.71 bits per heavy atom. The highest BCUT2D eigenvalue weighted by atomic mass is 32.2. The lowest BCUT2D eigenvalue weighted by Gasteiger charge is -2.05. The molecule has 0 fully saturated rings. The SMILES string of the molecule is CCOc1ccccc1-c1noc(CSc2nnc(SCC)s2)n1. The van der Waals surface area contributed by atoms with Crippen molar-refractivity contribution in [1.29, 1.82) is 0 Å². The molecular weight excluding hydrogens is 364 g/mol. The summed E-state index contributed by atoms with van der Waals surface area (Å²) >= 11 is 4.82. The van der Waals surface area contributed by atoms with Crippen molar-refractivity contribution in [3.8, 4) is 17.1 Å². The molecule has 0 aliphatic rings. The summed E-state index contributed by atoms with van der Waals surface area (Å²) in [6, 6.07) is 7.67. The maximum atomic E-state index is 5.61. The molecule has 0 atom stereocenters. The van der Waals surface area contributed by atoms with Gasteiger partial charge in [0.1, 0.15) is 5.75 Å². The standard InChI is InChI=1S/C15H16N4O2S3/c1-3-20-11-8-6-5-7-10(11)13-16-12(21-19-13)9-23-15-18-17-14(24-15)22-4-2/h5-8H,3-4,9H2,1-2H3. The zero-order chi connectivity index (χ0) is 16.8. The smallest absolute Gasteiger partial charge is 0.237 e. The molecule has 24 heavy (non-hydrogen) atoms. The van der Waals surface area contributed by atoms with Crippen LogP contribution in [0.3, 0.4) is 0 Å². The van der Waals surface area contributed by atoms with E-state index in [9.17, 15) is 0 Å². The lowest BCUT2D eigenvalue weighted by Crippen LogP contribution is -1.94. The number of rotatable bonds is 8. The maximum Gasteiger partial charge on any atom is 0.237 e. The van der Waals surface area contributed by atoms with Gasteiger partial charge in [-0.05, 0) is 24.8 Å². The normalized spacial score (nSPS) is 10.9. The second-order valence-corrected chi connectivity index (χ2v) is 8.21. The van der Waals surface area contributed by atoms with Gasteiger partial charge in [0, 0.05) is 0 Å². The number of hydrogen-bond donors (Lipinski definition) is 0. The van der Waals surface area contributed by atoms with E-state index in [0.29, 0.717) is 24.1 Å². The highest BCUT2D eigenvalue weighted by Gasteiger charge is 2.14. The average Bonchev–Trinajstić information content (AvgIpc) is 3.23. The summed E-state index contributed by atoms with van der Waals surface area (Å²) in [5.74, 6) is 3.40. The molecule has 1 aromatic carbocycles. The van der Waals surface area contributed by atoms with Crippen LogP contribution in [0.4, 0.5) is 0 Å². The Labute approximate surface area is 152 Å². The zero-order valence-corrected chi connectivity index (χ0v) is 15.7. The maximum absolute atomic E-state index is 5.61. The molecule has 0 saturated heterocycles. The molecular formula is C15H16N4O2S3. The van der Waals surface area contributed by atoms with Crippen molar-refractivity contribution < 1.29 is 9.26 Å². The third-order valence-corrected chi connectivity index (χ3v) is 5.93. The van der Waals surface area contributed by atoms with E-state index >= 15 is 0 Å². The molecule has 0 amide bonds. The van der Waals surface area contributed by atoms with Crippen molar-refractivity contribution in [2.75, 3.05) is 12.4 Å². The summed E-state index contributed by atoms with van der Waals surface area (Å²) in [6.45, 7) is 4.63. The number of ether oxygens (including phenoxy) is 1. The van der Waals surface area contributed by atoms with Crippen molar-refractivity contribution in [2.24, 2.45) is 0 Å². The van der Waals surface area contributed by atoms with Crippen LogP contribution >= 0.6 is 34.9 Å². The first-order valence-corrected chi connectivity index (χ1v) is 10.2. The fraction of sp³-hybridized carbons (Fsp3) is 0.333. The van der Waals surface area contributed by atoms with Crippen molar-refractivity contribution in [2.45, 2.75) is 28.3 Å². The fourth-order valence-electron chi connectivity index (χ4n) is 1.92. The first-order valence-electron chi connectivity index (χ1n) is 7.44. The average molecular weight is 381 g/mol. The van der Waals surface area contributed by atoms with Gasteiger partial charge in [-0.3, -0.25) is 0 Å². The van der Waals surface area contributed by atoms with Crippen LogP contribution in [0.15, 0.2) is 37.5 Å². The van der Waals surface area contributed by atoms with E-state index in [4.69, 9.17) is 9.26 Å². The zero-order valence-electron chi connectivity index (χ0n) is 13.3. The van der Waals surface area contributed by atoms with Gasteiger partial charge in [-0.1, -0.05) is 59.1 Å². The van der Waals surface area contributed by atoms with E-state index < -0.39 is 0 Å². The molecule has 0 saturated carbocycles. The van der Waals surface area contributed by atoms with Gasteiger partial charge in [0.05, 0.1) is 17.9 Å². The van der Waals surface area contributed by atoms with Gasteiger partial charge in [-0.15, -0.1) is 10.2 Å². The van der Waals surface area contributed by atoms with Crippen molar-refractivity contribution in [1.82, 2.24) is 20.3 Å². The molecule has 2 heterocycles. The molecule has 6 nitrogen and oxygen atoms in total. The summed E-state index contributed by atoms with van der Waals surface area (Å²) in [5, 5.41) is 12.3. The van der Waals surface area contributed by atoms with E-state index in [1.165, 1.54) is 0 Å². The second kappa shape index (κ2) is 8.50. The van der Waals surface area contributed by atoms with E-state index in [-0.39, 0.29) is 0 Å². The quantitative estimate of drug-likeness (QED) is 0.533. The minimum Gasteiger partial charge on any atom is -0.493 e. The molecule has 0 bridgehead atoms. The highest BCUT2D eigenvalue weighted by molar-refractivity contribution is 8.02. The first kappa shape index (κ1) is 17.2. The van der Waals surface area contributed by atoms with Gasteiger partial charge in [-0.2, -0.15) is 4.98 Å². The van der Waals surface area contributed by atoms with Crippen molar-refractivity contribution in [3.63, 3.8) is 0 Å². The summed E-state index contributed by atoms with van der Waals surface area (Å²) in [5.41, 5.74) is 0.830. The Kier molecular flexibility index (Phi) is 6.11. The van der Waals surface area contributed by atoms with Crippen molar-refractivity contribution >= 4 is 34.9 Å². The molecule has 3 aromatic rings. The number of thioether (sulfide) groups is 2. The van der Waals surface area contributed by atoms with Crippen LogP contribution in [0.1, 0.15) is 19.7 Å². The molecule has 3 rings (SSSR count). The summed E-state index contributed by atoms with van der Waals surface area (Å²) in [7, 11) is 0. The first-order chi connectivity index (χ1) is 11.8. The summed E-state index contributed by atoms with van der Waals surface area (Å²) in [6.07, 6.45) is 0. The Hall–Kier alpha value is -1.58. The number of nitrogens with zero attached hydrogens (tertiary/aromatic N) is 4. The Balaban J connectivity index is 1.67. The van der Waals surface area contributed by atoms with Crippen LogP contribution in [-0.4, -0.2) is 32.7 Å². The Bertz CT molecular complexity index is 790. The van der Waals surface area contributed by atoms with Crippen LogP contribution < -0.4 is 4.74 Å². The van der Waals surface area contributed by atoms with Crippen LogP contribution in [0.25, 0.3) is 11.4 Å². The van der Waals surface area contributed by atoms with Gasteiger partial charge in [-0.25, -0.2) is 0 Å². The number of para-hydroxylation sites is 1. The summed E-state index contributed by atoms with van der Waals surface area (Å²) in [4.78, 5) is 4.45. The van der Waals surface area contributed by atoms with Gasteiger partial charge in [0.15, 0.2) is 8.68 Å². The van der Waals surface area contributed by atoms with Gasteiger partial charge >= 0.3 is 0 Å². The van der Waals surface area contributed by atoms with E-state index in [1.807, 2.05) is 31.2 Å². The Morgan fingerprint density at radius 2 is 1.92 bits per heavy atom. The largest absolute Gasteiger partial charge is 0.493 e. The monoisotopic (exact) mass is 380 g/mol. The van der Waals surface area contributed by atoms with Crippen LogP contribution in [0.2, 0.25) is 0 Å². The molecule has 0 aliphatic carbocycles. The third kappa shape index (κ3) is 4.28. The second-order valence-electron chi connectivity index (χ2n) is 4.50. The molecule has 0 unspecified atom stereocenters. The predicted molar refractivity (Wildman–Crippen MR) is 96.8 cm³/mol. The molecule has 0 spiro atoms. The molecule has 0 radical (unpaired) electrons.